The van der Waals surface area contributed by atoms with Gasteiger partial charge in [0.2, 0.25) is 0 Å². The fourth-order valence-electron chi connectivity index (χ4n) is 2.72. The third-order valence-electron chi connectivity index (χ3n) is 4.34. The van der Waals surface area contributed by atoms with Gasteiger partial charge < -0.3 is 15.1 Å². The van der Waals surface area contributed by atoms with E-state index in [-0.39, 0.29) is 22.2 Å². The Morgan fingerprint density at radius 2 is 1.92 bits per heavy atom. The predicted octanol–water partition coefficient (Wildman–Crippen LogP) is 3.21. The number of benzene rings is 1. The number of aromatic nitrogens is 1. The van der Waals surface area contributed by atoms with Gasteiger partial charge in [-0.05, 0) is 30.8 Å². The number of nitrogens with zero attached hydrogens (tertiary/aromatic N) is 3. The molecule has 1 fully saturated rings. The average Bonchev–Trinajstić information content (AvgIpc) is 2.64. The number of hydrogen-bond acceptors (Lipinski definition) is 4. The minimum absolute atomic E-state index is 0.0515. The van der Waals surface area contributed by atoms with Crippen LogP contribution in [0.25, 0.3) is 0 Å². The van der Waals surface area contributed by atoms with Crippen molar-refractivity contribution in [3.63, 3.8) is 0 Å². The Bertz CT molecular complexity index is 793. The molecule has 2 aromatic rings. The molecule has 1 saturated heterocycles. The minimum Gasteiger partial charge on any atom is -0.354 e. The van der Waals surface area contributed by atoms with E-state index in [0.29, 0.717) is 0 Å². The van der Waals surface area contributed by atoms with Crippen LogP contribution in [0, 0.1) is 5.82 Å². The molecule has 3 rings (SSSR count). The van der Waals surface area contributed by atoms with Crippen LogP contribution in [0.15, 0.2) is 30.5 Å². The van der Waals surface area contributed by atoms with Crippen LogP contribution >= 0.6 is 23.2 Å². The van der Waals surface area contributed by atoms with Crippen molar-refractivity contribution in [1.29, 1.82) is 0 Å². The fourth-order valence-corrected chi connectivity index (χ4v) is 3.19. The maximum atomic E-state index is 13.5. The number of piperazine rings is 1. The second kappa shape index (κ2) is 8.20. The fraction of sp³-hybridized carbons (Fsp3) is 0.333. The van der Waals surface area contributed by atoms with E-state index in [1.165, 1.54) is 6.07 Å². The summed E-state index contributed by atoms with van der Waals surface area (Å²) >= 11 is 11.6. The van der Waals surface area contributed by atoms with Gasteiger partial charge in [0.05, 0.1) is 15.6 Å². The lowest BCUT2D eigenvalue weighted by Crippen LogP contribution is -2.44. The molecule has 0 spiro atoms. The molecule has 26 heavy (non-hydrogen) atoms. The number of hydrogen-bond donors (Lipinski definition) is 1. The van der Waals surface area contributed by atoms with Gasteiger partial charge in [-0.3, -0.25) is 4.79 Å². The molecule has 1 aromatic heterocycles. The summed E-state index contributed by atoms with van der Waals surface area (Å²) in [6.07, 6.45) is 1.73. The Hall–Kier alpha value is -1.89. The molecule has 8 heteroatoms. The van der Waals surface area contributed by atoms with Gasteiger partial charge in [0, 0.05) is 38.9 Å². The van der Waals surface area contributed by atoms with Gasteiger partial charge in [0.25, 0.3) is 5.91 Å². The molecule has 2 heterocycles. The first kappa shape index (κ1) is 18.9. The van der Waals surface area contributed by atoms with E-state index in [2.05, 4.69) is 27.1 Å². The molecular weight excluding hydrogens is 378 g/mol. The highest BCUT2D eigenvalue weighted by molar-refractivity contribution is 6.36. The Morgan fingerprint density at radius 3 is 2.58 bits per heavy atom. The first-order valence-electron chi connectivity index (χ1n) is 8.25. The SMILES string of the molecule is CN1CCN(c2ccc(CNC(=O)c3cc(F)c(Cl)cc3Cl)cn2)CC1. The number of amides is 1. The second-order valence-corrected chi connectivity index (χ2v) is 7.06. The van der Waals surface area contributed by atoms with E-state index in [1.54, 1.807) is 6.20 Å². The summed E-state index contributed by atoms with van der Waals surface area (Å²) in [5.74, 6) is -0.218. The highest BCUT2D eigenvalue weighted by Gasteiger charge is 2.16. The smallest absolute Gasteiger partial charge is 0.253 e. The highest BCUT2D eigenvalue weighted by Crippen LogP contribution is 2.24. The molecule has 138 valence electrons. The molecular formula is C18H19Cl2FN4O. The summed E-state index contributed by atoms with van der Waals surface area (Å²) in [5, 5.41) is 2.71. The van der Waals surface area contributed by atoms with Crippen LogP contribution in [0.4, 0.5) is 10.2 Å². The van der Waals surface area contributed by atoms with Crippen molar-refractivity contribution in [2.45, 2.75) is 6.54 Å². The standard InChI is InChI=1S/C18H19Cl2FN4O/c1-24-4-6-25(7-5-24)17-3-2-12(10-22-17)11-23-18(26)13-8-16(21)15(20)9-14(13)19/h2-3,8-10H,4-7,11H2,1H3,(H,23,26). The lowest BCUT2D eigenvalue weighted by molar-refractivity contribution is 0.0950. The monoisotopic (exact) mass is 396 g/mol. The van der Waals surface area contributed by atoms with Gasteiger partial charge in [-0.25, -0.2) is 9.37 Å². The van der Waals surface area contributed by atoms with Gasteiger partial charge in [-0.2, -0.15) is 0 Å². The van der Waals surface area contributed by atoms with Gasteiger partial charge in [-0.15, -0.1) is 0 Å². The molecule has 5 nitrogen and oxygen atoms in total. The molecule has 0 radical (unpaired) electrons. The van der Waals surface area contributed by atoms with Crippen molar-refractivity contribution < 1.29 is 9.18 Å². The second-order valence-electron chi connectivity index (χ2n) is 6.24. The van der Waals surface area contributed by atoms with E-state index in [9.17, 15) is 9.18 Å². The number of nitrogens with one attached hydrogen (secondary N) is 1. The molecule has 1 aliphatic heterocycles. The summed E-state index contributed by atoms with van der Waals surface area (Å²) < 4.78 is 13.5. The summed E-state index contributed by atoms with van der Waals surface area (Å²) in [7, 11) is 2.11. The summed E-state index contributed by atoms with van der Waals surface area (Å²) in [4.78, 5) is 21.2. The third-order valence-corrected chi connectivity index (χ3v) is 4.95. The van der Waals surface area contributed by atoms with Crippen molar-refractivity contribution in [2.24, 2.45) is 0 Å². The lowest BCUT2D eigenvalue weighted by atomic mass is 10.2. The van der Waals surface area contributed by atoms with Crippen molar-refractivity contribution in [3.8, 4) is 0 Å². The zero-order chi connectivity index (χ0) is 18.7. The summed E-state index contributed by atoms with van der Waals surface area (Å²) in [6.45, 7) is 4.19. The molecule has 0 bridgehead atoms. The average molecular weight is 397 g/mol. The Kier molecular flexibility index (Phi) is 5.96. The van der Waals surface area contributed by atoms with E-state index in [4.69, 9.17) is 23.2 Å². The van der Waals surface area contributed by atoms with Crippen LogP contribution in [0.3, 0.4) is 0 Å². The maximum Gasteiger partial charge on any atom is 0.253 e. The predicted molar refractivity (Wildman–Crippen MR) is 102 cm³/mol. The van der Waals surface area contributed by atoms with E-state index < -0.39 is 11.7 Å². The summed E-state index contributed by atoms with van der Waals surface area (Å²) in [5.41, 5.74) is 0.900. The van der Waals surface area contributed by atoms with Gasteiger partial charge in [0.1, 0.15) is 11.6 Å². The molecule has 0 unspecified atom stereocenters. The van der Waals surface area contributed by atoms with Crippen LogP contribution in [0.5, 0.6) is 0 Å². The van der Waals surface area contributed by atoms with Crippen molar-refractivity contribution in [2.75, 3.05) is 38.1 Å². The normalized spacial score (nSPS) is 15.2. The number of carbonyl (C=O) groups is 1. The number of anilines is 1. The maximum absolute atomic E-state index is 13.5. The highest BCUT2D eigenvalue weighted by atomic mass is 35.5. The van der Waals surface area contributed by atoms with Crippen LogP contribution in [0.1, 0.15) is 15.9 Å². The van der Waals surface area contributed by atoms with Crippen LogP contribution in [-0.4, -0.2) is 49.0 Å². The van der Waals surface area contributed by atoms with Gasteiger partial charge in [-0.1, -0.05) is 29.3 Å². The Balaban J connectivity index is 1.60. The van der Waals surface area contributed by atoms with E-state index >= 15 is 0 Å². The van der Waals surface area contributed by atoms with Gasteiger partial charge in [0.15, 0.2) is 0 Å². The van der Waals surface area contributed by atoms with Crippen molar-refractivity contribution in [3.05, 3.63) is 57.5 Å². The zero-order valence-electron chi connectivity index (χ0n) is 14.3. The van der Waals surface area contributed by atoms with Crippen molar-refractivity contribution >= 4 is 34.9 Å². The number of carbonyl (C=O) groups excluding carboxylic acids is 1. The molecule has 1 N–H and O–H groups in total. The molecule has 1 aromatic carbocycles. The van der Waals surface area contributed by atoms with E-state index in [1.807, 2.05) is 12.1 Å². The molecule has 1 amide bonds. The molecule has 1 aliphatic rings. The summed E-state index contributed by atoms with van der Waals surface area (Å²) in [6, 6.07) is 6.13. The number of likely N-dealkylation sites (N-methyl/N-ethyl adjacent to an activating group) is 1. The van der Waals surface area contributed by atoms with Crippen molar-refractivity contribution in [1.82, 2.24) is 15.2 Å². The Morgan fingerprint density at radius 1 is 1.19 bits per heavy atom. The first-order chi connectivity index (χ1) is 12.4. The largest absolute Gasteiger partial charge is 0.354 e. The zero-order valence-corrected chi connectivity index (χ0v) is 15.8. The number of pyridine rings is 1. The lowest BCUT2D eigenvalue weighted by Gasteiger charge is -2.33. The van der Waals surface area contributed by atoms with E-state index in [0.717, 1.165) is 43.6 Å². The first-order valence-corrected chi connectivity index (χ1v) is 9.01. The quantitative estimate of drug-likeness (QED) is 0.806. The van der Waals surface area contributed by atoms with Crippen LogP contribution < -0.4 is 10.2 Å². The molecule has 0 saturated carbocycles. The Labute approximate surface area is 161 Å². The van der Waals surface area contributed by atoms with Gasteiger partial charge >= 0.3 is 0 Å². The number of rotatable bonds is 4. The number of halogens is 3. The molecule has 0 atom stereocenters. The minimum atomic E-state index is -0.681. The third kappa shape index (κ3) is 4.44. The molecule has 0 aliphatic carbocycles. The van der Waals surface area contributed by atoms with Crippen LogP contribution in [-0.2, 0) is 6.54 Å². The van der Waals surface area contributed by atoms with Crippen LogP contribution in [0.2, 0.25) is 10.0 Å². The topological polar surface area (TPSA) is 48.5 Å².